The van der Waals surface area contributed by atoms with Gasteiger partial charge in [0.1, 0.15) is 0 Å². The first-order valence-electron chi connectivity index (χ1n) is 9.02. The van der Waals surface area contributed by atoms with Gasteiger partial charge in [0.25, 0.3) is 5.91 Å². The van der Waals surface area contributed by atoms with Crippen molar-refractivity contribution < 1.29 is 22.8 Å². The number of nitrogens with one attached hydrogen (secondary N) is 2. The molecular formula is C20H19BrF3N3O2. The van der Waals surface area contributed by atoms with Crippen LogP contribution in [0, 0.1) is 5.92 Å². The Morgan fingerprint density at radius 1 is 1.00 bits per heavy atom. The lowest BCUT2D eigenvalue weighted by Gasteiger charge is -2.31. The number of carbonyl (C=O) groups excluding carboxylic acids is 2. The highest BCUT2D eigenvalue weighted by atomic mass is 79.9. The van der Waals surface area contributed by atoms with Gasteiger partial charge in [0.05, 0.1) is 11.3 Å². The average molecular weight is 470 g/mol. The highest BCUT2D eigenvalue weighted by Crippen LogP contribution is 2.34. The molecule has 0 unspecified atom stereocenters. The van der Waals surface area contributed by atoms with E-state index >= 15 is 0 Å². The van der Waals surface area contributed by atoms with Crippen molar-refractivity contribution in [3.8, 4) is 0 Å². The smallest absolute Gasteiger partial charge is 0.339 e. The van der Waals surface area contributed by atoms with Gasteiger partial charge in [-0.1, -0.05) is 28.1 Å². The van der Waals surface area contributed by atoms with Crippen LogP contribution in [0.1, 0.15) is 28.8 Å². The van der Waals surface area contributed by atoms with Gasteiger partial charge in [-0.25, -0.2) is 0 Å². The highest BCUT2D eigenvalue weighted by Gasteiger charge is 2.33. The Bertz CT molecular complexity index is 879. The molecule has 154 valence electrons. The van der Waals surface area contributed by atoms with Crippen molar-refractivity contribution in [1.82, 2.24) is 10.3 Å². The Morgan fingerprint density at radius 2 is 1.62 bits per heavy atom. The summed E-state index contributed by atoms with van der Waals surface area (Å²) in [5.74, 6) is -0.874. The zero-order valence-corrected chi connectivity index (χ0v) is 16.9. The standard InChI is InChI=1S/C20H19BrF3N3O2/c21-15-7-5-14(6-8-15)19(29)27-11-9-13(10-12-27)18(28)26-25-17-4-2-1-3-16(17)20(22,23)24/h1-8,13,25H,9-12H2,(H,26,28). The lowest BCUT2D eigenvalue weighted by Crippen LogP contribution is -2.44. The molecule has 1 fully saturated rings. The van der Waals surface area contributed by atoms with Crippen molar-refractivity contribution in [2.75, 3.05) is 18.5 Å². The molecule has 0 radical (unpaired) electrons. The number of likely N-dealkylation sites (tertiary alicyclic amines) is 1. The number of carbonyl (C=O) groups is 2. The van der Waals surface area contributed by atoms with Gasteiger partial charge in [-0.2, -0.15) is 13.2 Å². The van der Waals surface area contributed by atoms with Crippen molar-refractivity contribution in [3.63, 3.8) is 0 Å². The molecule has 9 heteroatoms. The summed E-state index contributed by atoms with van der Waals surface area (Å²) in [5.41, 5.74) is 4.25. The van der Waals surface area contributed by atoms with Crippen LogP contribution in [0.25, 0.3) is 0 Å². The number of hydrogen-bond acceptors (Lipinski definition) is 3. The predicted molar refractivity (Wildman–Crippen MR) is 106 cm³/mol. The van der Waals surface area contributed by atoms with Crippen LogP contribution in [-0.4, -0.2) is 29.8 Å². The largest absolute Gasteiger partial charge is 0.418 e. The van der Waals surface area contributed by atoms with E-state index in [4.69, 9.17) is 0 Å². The van der Waals surface area contributed by atoms with Crippen LogP contribution >= 0.6 is 15.9 Å². The Kier molecular flexibility index (Phi) is 6.46. The number of hydrazine groups is 1. The van der Waals surface area contributed by atoms with Gasteiger partial charge >= 0.3 is 6.18 Å². The average Bonchev–Trinajstić information content (AvgIpc) is 2.71. The second kappa shape index (κ2) is 8.86. The van der Waals surface area contributed by atoms with Crippen LogP contribution in [-0.2, 0) is 11.0 Å². The molecule has 2 amide bonds. The summed E-state index contributed by atoms with van der Waals surface area (Å²) in [7, 11) is 0. The van der Waals surface area contributed by atoms with Crippen molar-refractivity contribution in [1.29, 1.82) is 0 Å². The quantitative estimate of drug-likeness (QED) is 0.649. The van der Waals surface area contributed by atoms with E-state index in [-0.39, 0.29) is 17.5 Å². The minimum Gasteiger partial charge on any atom is -0.339 e. The van der Waals surface area contributed by atoms with Gasteiger partial charge in [-0.3, -0.25) is 20.4 Å². The third-order valence-electron chi connectivity index (χ3n) is 4.80. The maximum atomic E-state index is 13.0. The maximum Gasteiger partial charge on any atom is 0.418 e. The van der Waals surface area contributed by atoms with Gasteiger partial charge in [-0.05, 0) is 49.2 Å². The van der Waals surface area contributed by atoms with Crippen molar-refractivity contribution in [3.05, 3.63) is 64.1 Å². The number of rotatable bonds is 4. The van der Waals surface area contributed by atoms with Crippen LogP contribution in [0.2, 0.25) is 0 Å². The fraction of sp³-hybridized carbons (Fsp3) is 0.300. The molecule has 0 spiro atoms. The summed E-state index contributed by atoms with van der Waals surface area (Å²) in [6.07, 6.45) is -3.64. The minimum absolute atomic E-state index is 0.103. The number of benzene rings is 2. The number of nitrogens with zero attached hydrogens (tertiary/aromatic N) is 1. The van der Waals surface area contributed by atoms with Crippen LogP contribution < -0.4 is 10.9 Å². The summed E-state index contributed by atoms with van der Waals surface area (Å²) in [5, 5.41) is 0. The molecule has 0 atom stereocenters. The van der Waals surface area contributed by atoms with E-state index in [0.717, 1.165) is 10.5 Å². The molecule has 2 N–H and O–H groups in total. The first-order chi connectivity index (χ1) is 13.8. The molecule has 0 bridgehead atoms. The van der Waals surface area contributed by atoms with E-state index in [2.05, 4.69) is 26.8 Å². The molecule has 3 rings (SSSR count). The van der Waals surface area contributed by atoms with Gasteiger partial charge in [0, 0.05) is 29.0 Å². The number of amides is 2. The molecule has 2 aromatic carbocycles. The van der Waals surface area contributed by atoms with E-state index < -0.39 is 17.6 Å². The molecule has 0 saturated carbocycles. The van der Waals surface area contributed by atoms with E-state index in [1.165, 1.54) is 18.2 Å². The van der Waals surface area contributed by atoms with E-state index in [1.54, 1.807) is 29.2 Å². The van der Waals surface area contributed by atoms with Gasteiger partial charge in [0.15, 0.2) is 0 Å². The Morgan fingerprint density at radius 3 is 2.24 bits per heavy atom. The summed E-state index contributed by atoms with van der Waals surface area (Å²) in [4.78, 5) is 26.6. The Hall–Kier alpha value is -2.55. The third kappa shape index (κ3) is 5.29. The number of piperidine rings is 1. The van der Waals surface area contributed by atoms with Crippen LogP contribution in [0.5, 0.6) is 0 Å². The molecule has 0 aliphatic carbocycles. The molecular weight excluding hydrogens is 451 g/mol. The molecule has 1 saturated heterocycles. The molecule has 5 nitrogen and oxygen atoms in total. The van der Waals surface area contributed by atoms with Crippen molar-refractivity contribution in [2.24, 2.45) is 5.92 Å². The zero-order chi connectivity index (χ0) is 21.0. The molecule has 1 aliphatic rings. The summed E-state index contributed by atoms with van der Waals surface area (Å²) >= 11 is 3.32. The molecule has 2 aromatic rings. The summed E-state index contributed by atoms with van der Waals surface area (Å²) < 4.78 is 39.9. The lowest BCUT2D eigenvalue weighted by molar-refractivity contribution is -0.137. The monoisotopic (exact) mass is 469 g/mol. The van der Waals surface area contributed by atoms with E-state index in [1.807, 2.05) is 0 Å². The second-order valence-electron chi connectivity index (χ2n) is 6.73. The van der Waals surface area contributed by atoms with Crippen LogP contribution in [0.15, 0.2) is 53.0 Å². The molecule has 1 heterocycles. The number of hydrogen-bond donors (Lipinski definition) is 2. The maximum absolute atomic E-state index is 13.0. The van der Waals surface area contributed by atoms with E-state index in [0.29, 0.717) is 31.5 Å². The number of halogens is 4. The van der Waals surface area contributed by atoms with Crippen LogP contribution in [0.4, 0.5) is 18.9 Å². The normalized spacial score (nSPS) is 15.1. The Balaban J connectivity index is 1.53. The number of para-hydroxylation sites is 1. The third-order valence-corrected chi connectivity index (χ3v) is 5.33. The minimum atomic E-state index is -4.52. The zero-order valence-electron chi connectivity index (χ0n) is 15.3. The number of alkyl halides is 3. The molecule has 0 aromatic heterocycles. The summed E-state index contributed by atoms with van der Waals surface area (Å²) in [6, 6.07) is 12.0. The lowest BCUT2D eigenvalue weighted by atomic mass is 9.95. The van der Waals surface area contributed by atoms with Gasteiger partial charge in [-0.15, -0.1) is 0 Å². The Labute approximate surface area is 174 Å². The number of anilines is 1. The fourth-order valence-corrected chi connectivity index (χ4v) is 3.45. The molecule has 29 heavy (non-hydrogen) atoms. The SMILES string of the molecule is O=C(NNc1ccccc1C(F)(F)F)C1CCN(C(=O)c2ccc(Br)cc2)CC1. The van der Waals surface area contributed by atoms with Gasteiger partial charge in [0.2, 0.25) is 5.91 Å². The topological polar surface area (TPSA) is 61.4 Å². The predicted octanol–water partition coefficient (Wildman–Crippen LogP) is 4.46. The van der Waals surface area contributed by atoms with E-state index in [9.17, 15) is 22.8 Å². The summed E-state index contributed by atoms with van der Waals surface area (Å²) in [6.45, 7) is 0.818. The van der Waals surface area contributed by atoms with Crippen molar-refractivity contribution >= 4 is 33.4 Å². The second-order valence-corrected chi connectivity index (χ2v) is 7.65. The highest BCUT2D eigenvalue weighted by molar-refractivity contribution is 9.10. The first-order valence-corrected chi connectivity index (χ1v) is 9.82. The van der Waals surface area contributed by atoms with Crippen molar-refractivity contribution in [2.45, 2.75) is 19.0 Å². The fourth-order valence-electron chi connectivity index (χ4n) is 3.19. The van der Waals surface area contributed by atoms with Crippen LogP contribution in [0.3, 0.4) is 0 Å². The first kappa shape index (κ1) is 21.2. The molecule has 1 aliphatic heterocycles. The van der Waals surface area contributed by atoms with Gasteiger partial charge < -0.3 is 4.90 Å².